The number of para-hydroxylation sites is 3. The van der Waals surface area contributed by atoms with E-state index >= 15 is 0 Å². The molecule has 11 aromatic carbocycles. The van der Waals surface area contributed by atoms with Crippen LogP contribution in [0.2, 0.25) is 0 Å². The quantitative estimate of drug-likeness (QED) is 0.111. The van der Waals surface area contributed by atoms with E-state index in [4.69, 9.17) is 9.98 Å². The average molecular weight is 946 g/mol. The third-order valence-electron chi connectivity index (χ3n) is 14.0. The van der Waals surface area contributed by atoms with Gasteiger partial charge in [-0.2, -0.15) is 0 Å². The third-order valence-corrected chi connectivity index (χ3v) is 14.0. The van der Waals surface area contributed by atoms with Crippen molar-refractivity contribution in [2.75, 3.05) is 0 Å². The zero-order chi connectivity index (χ0) is 49.4. The number of hydrogen-bond donors (Lipinski definition) is 1. The van der Waals surface area contributed by atoms with Crippen LogP contribution in [-0.2, 0) is 0 Å². The lowest BCUT2D eigenvalue weighted by Crippen LogP contribution is -2.07. The Morgan fingerprint density at radius 3 is 1.27 bits per heavy atom. The molecule has 13 rings (SSSR count). The SMILES string of the molecule is N=C(N=C(N=Cc1cc(-c2ccccc2)cc(-c2ccccc2)c1)c1ccccc1)c1cc(-c2ccccc2)c(-n2c3ccccc3c3cc(-n4c5ccccc5c5ccccc54)ccc32)c(-c2ccccc2)c1. The molecule has 0 atom stereocenters. The summed E-state index contributed by atoms with van der Waals surface area (Å²) in [4.78, 5) is 10.2. The van der Waals surface area contributed by atoms with E-state index in [0.717, 1.165) is 88.8 Å². The lowest BCUT2D eigenvalue weighted by atomic mass is 9.92. The third kappa shape index (κ3) is 8.09. The lowest BCUT2D eigenvalue weighted by Gasteiger charge is -2.21. The number of benzene rings is 11. The van der Waals surface area contributed by atoms with Crippen molar-refractivity contribution >= 4 is 61.5 Å². The molecule has 0 unspecified atom stereocenters. The molecule has 0 aliphatic heterocycles. The Bertz CT molecular complexity index is 4110. The van der Waals surface area contributed by atoms with Gasteiger partial charge in [-0.1, -0.05) is 206 Å². The van der Waals surface area contributed by atoms with Gasteiger partial charge in [-0.15, -0.1) is 0 Å². The summed E-state index contributed by atoms with van der Waals surface area (Å²) in [6.45, 7) is 0. The lowest BCUT2D eigenvalue weighted by molar-refractivity contribution is 1.17. The molecule has 0 bridgehead atoms. The van der Waals surface area contributed by atoms with Gasteiger partial charge in [0, 0.05) is 55.7 Å². The summed E-state index contributed by atoms with van der Waals surface area (Å²) in [5.41, 5.74) is 17.5. The minimum atomic E-state index is 0.1000. The van der Waals surface area contributed by atoms with Crippen LogP contribution in [0.15, 0.2) is 283 Å². The maximum absolute atomic E-state index is 9.95. The molecule has 5 nitrogen and oxygen atoms in total. The van der Waals surface area contributed by atoms with Crippen LogP contribution in [0.1, 0.15) is 16.7 Å². The number of aliphatic imine (C=N–C) groups is 2. The molecule has 1 N–H and O–H groups in total. The first-order valence-electron chi connectivity index (χ1n) is 25.0. The average Bonchev–Trinajstić information content (AvgIpc) is 3.99. The van der Waals surface area contributed by atoms with Crippen molar-refractivity contribution in [3.05, 3.63) is 290 Å². The highest BCUT2D eigenvalue weighted by Crippen LogP contribution is 2.43. The number of nitrogens with one attached hydrogen (secondary N) is 1. The second kappa shape index (κ2) is 19.0. The minimum absolute atomic E-state index is 0.1000. The maximum Gasteiger partial charge on any atom is 0.161 e. The zero-order valence-electron chi connectivity index (χ0n) is 40.3. The summed E-state index contributed by atoms with van der Waals surface area (Å²) in [5, 5.41) is 14.7. The van der Waals surface area contributed by atoms with E-state index < -0.39 is 0 Å². The van der Waals surface area contributed by atoms with Crippen LogP contribution < -0.4 is 0 Å². The standard InChI is InChI=1S/C69H47N5/c70-68(72-69(52-30-14-5-15-31-52)71-46-47-40-53(48-22-6-1-7-23-48)42-54(41-47)49-24-8-2-9-25-49)55-43-60(50-26-10-3-11-27-50)67(61(44-55)51-28-12-4-13-29-51)74-65-37-21-18-34-59(65)62-45-56(38-39-66(62)74)73-63-35-19-16-32-57(63)58-33-17-20-36-64(58)73/h1-46,70H. The van der Waals surface area contributed by atoms with Crippen LogP contribution in [0.3, 0.4) is 0 Å². The molecule has 0 saturated carbocycles. The monoisotopic (exact) mass is 945 g/mol. The molecular weight excluding hydrogens is 899 g/mol. The highest BCUT2D eigenvalue weighted by molar-refractivity contribution is 6.16. The zero-order valence-corrected chi connectivity index (χ0v) is 40.3. The van der Waals surface area contributed by atoms with Gasteiger partial charge >= 0.3 is 0 Å². The van der Waals surface area contributed by atoms with E-state index in [9.17, 15) is 5.41 Å². The molecule has 0 amide bonds. The van der Waals surface area contributed by atoms with Crippen molar-refractivity contribution in [1.29, 1.82) is 5.41 Å². The molecule has 348 valence electrons. The number of amidine groups is 2. The molecule has 13 aromatic rings. The van der Waals surface area contributed by atoms with Gasteiger partial charge in [0.15, 0.2) is 11.7 Å². The summed E-state index contributed by atoms with van der Waals surface area (Å²) >= 11 is 0. The molecule has 0 fully saturated rings. The summed E-state index contributed by atoms with van der Waals surface area (Å²) in [7, 11) is 0. The fraction of sp³-hybridized carbons (Fsp3) is 0. The van der Waals surface area contributed by atoms with Crippen LogP contribution in [0.5, 0.6) is 0 Å². The largest absolute Gasteiger partial charge is 0.309 e. The van der Waals surface area contributed by atoms with Gasteiger partial charge in [0.2, 0.25) is 0 Å². The normalized spacial score (nSPS) is 11.9. The van der Waals surface area contributed by atoms with Crippen LogP contribution in [0.4, 0.5) is 0 Å². The van der Waals surface area contributed by atoms with E-state index in [1.54, 1.807) is 0 Å². The van der Waals surface area contributed by atoms with E-state index in [0.29, 0.717) is 11.4 Å². The summed E-state index contributed by atoms with van der Waals surface area (Å²) in [6, 6.07) is 95.7. The van der Waals surface area contributed by atoms with Crippen molar-refractivity contribution in [3.8, 4) is 55.9 Å². The second-order valence-corrected chi connectivity index (χ2v) is 18.6. The fourth-order valence-corrected chi connectivity index (χ4v) is 10.6. The molecule has 0 spiro atoms. The predicted octanol–water partition coefficient (Wildman–Crippen LogP) is 17.4. The molecule has 2 aromatic heterocycles. The smallest absolute Gasteiger partial charge is 0.161 e. The first-order valence-corrected chi connectivity index (χ1v) is 25.0. The summed E-state index contributed by atoms with van der Waals surface area (Å²) < 4.78 is 4.81. The van der Waals surface area contributed by atoms with E-state index in [2.05, 4.69) is 240 Å². The summed E-state index contributed by atoms with van der Waals surface area (Å²) in [5.74, 6) is 0.540. The van der Waals surface area contributed by atoms with Gasteiger partial charge in [0.1, 0.15) is 0 Å². The first-order chi connectivity index (χ1) is 36.6. The Hall–Kier alpha value is -9.97. The highest BCUT2D eigenvalue weighted by atomic mass is 15.0. The molecule has 0 radical (unpaired) electrons. The van der Waals surface area contributed by atoms with Crippen molar-refractivity contribution in [2.24, 2.45) is 9.98 Å². The Morgan fingerprint density at radius 1 is 0.338 bits per heavy atom. The van der Waals surface area contributed by atoms with Crippen molar-refractivity contribution in [2.45, 2.75) is 0 Å². The van der Waals surface area contributed by atoms with Gasteiger partial charge in [-0.05, 0) is 106 Å². The van der Waals surface area contributed by atoms with Crippen molar-refractivity contribution < 1.29 is 0 Å². The highest BCUT2D eigenvalue weighted by Gasteiger charge is 2.23. The number of nitrogens with zero attached hydrogens (tertiary/aromatic N) is 4. The topological polar surface area (TPSA) is 58.4 Å². The van der Waals surface area contributed by atoms with Gasteiger partial charge in [0.25, 0.3) is 0 Å². The molecule has 2 heterocycles. The van der Waals surface area contributed by atoms with Crippen LogP contribution in [-0.4, -0.2) is 27.0 Å². The molecule has 0 aliphatic rings. The van der Waals surface area contributed by atoms with Crippen LogP contribution in [0.25, 0.3) is 99.5 Å². The Labute approximate surface area is 429 Å². The number of aromatic nitrogens is 2. The summed E-state index contributed by atoms with van der Waals surface area (Å²) in [6.07, 6.45) is 1.88. The number of hydrogen-bond acceptors (Lipinski definition) is 1. The van der Waals surface area contributed by atoms with E-state index in [-0.39, 0.29) is 5.84 Å². The molecular formula is C69H47N5. The molecule has 74 heavy (non-hydrogen) atoms. The Balaban J connectivity index is 0.997. The van der Waals surface area contributed by atoms with Crippen molar-refractivity contribution in [1.82, 2.24) is 9.13 Å². The Morgan fingerprint density at radius 2 is 0.757 bits per heavy atom. The van der Waals surface area contributed by atoms with Gasteiger partial charge in [-0.3, -0.25) is 5.41 Å². The van der Waals surface area contributed by atoms with Gasteiger partial charge < -0.3 is 9.13 Å². The number of rotatable bonds is 9. The van der Waals surface area contributed by atoms with Crippen molar-refractivity contribution in [3.63, 3.8) is 0 Å². The van der Waals surface area contributed by atoms with Gasteiger partial charge in [0.05, 0.1) is 27.8 Å². The molecule has 0 saturated heterocycles. The fourth-order valence-electron chi connectivity index (χ4n) is 10.6. The number of fused-ring (bicyclic) bond motifs is 6. The maximum atomic E-state index is 9.95. The minimum Gasteiger partial charge on any atom is -0.309 e. The Kier molecular flexibility index (Phi) is 11.3. The first kappa shape index (κ1) is 44.0. The van der Waals surface area contributed by atoms with E-state index in [1.807, 2.05) is 48.7 Å². The van der Waals surface area contributed by atoms with Gasteiger partial charge in [-0.25, -0.2) is 9.98 Å². The molecule has 5 heteroatoms. The van der Waals surface area contributed by atoms with Crippen LogP contribution >= 0.6 is 0 Å². The van der Waals surface area contributed by atoms with Crippen LogP contribution in [0, 0.1) is 5.41 Å². The second-order valence-electron chi connectivity index (χ2n) is 18.6. The van der Waals surface area contributed by atoms with E-state index in [1.165, 1.54) is 21.8 Å². The predicted molar refractivity (Wildman–Crippen MR) is 311 cm³/mol. The molecule has 0 aliphatic carbocycles.